The zero-order valence-corrected chi connectivity index (χ0v) is 9.48. The minimum Gasteiger partial charge on any atom is -0.507 e. The Morgan fingerprint density at radius 2 is 1.87 bits per heavy atom. The third-order valence-corrected chi connectivity index (χ3v) is 2.96. The Morgan fingerprint density at radius 3 is 2.53 bits per heavy atom. The molecule has 0 fully saturated rings. The summed E-state index contributed by atoms with van der Waals surface area (Å²) in [6.07, 6.45) is 7.62. The molecule has 3 nitrogen and oxygen atoms in total. The van der Waals surface area contributed by atoms with Gasteiger partial charge in [0.25, 0.3) is 0 Å². The highest BCUT2D eigenvalue weighted by atomic mass is 79.9. The molecule has 0 atom stereocenters. The molecule has 1 heterocycles. The van der Waals surface area contributed by atoms with E-state index in [1.54, 1.807) is 0 Å². The number of nitrogens with zero attached hydrogens (tertiary/aromatic N) is 1. The summed E-state index contributed by atoms with van der Waals surface area (Å²) in [5.41, 5.74) is 0.579. The highest BCUT2D eigenvalue weighted by Gasteiger charge is 2.15. The minimum absolute atomic E-state index is 0.116. The summed E-state index contributed by atoms with van der Waals surface area (Å²) in [5, 5.41) is 19.3. The second-order valence-corrected chi connectivity index (χ2v) is 3.98. The molecule has 0 saturated carbocycles. The first-order chi connectivity index (χ1) is 7.20. The number of anilines is 1. The van der Waals surface area contributed by atoms with E-state index in [2.05, 4.69) is 15.9 Å². The van der Waals surface area contributed by atoms with E-state index < -0.39 is 0 Å². The summed E-state index contributed by atoms with van der Waals surface area (Å²) in [6.45, 7) is 0.673. The average Bonchev–Trinajstić information content (AvgIpc) is 2.26. The summed E-state index contributed by atoms with van der Waals surface area (Å²) in [4.78, 5) is 1.85. The van der Waals surface area contributed by atoms with Crippen molar-refractivity contribution in [1.82, 2.24) is 0 Å². The quantitative estimate of drug-likeness (QED) is 0.770. The fraction of sp³-hybridized carbons (Fsp3) is 0.0909. The smallest absolute Gasteiger partial charge is 0.140 e. The van der Waals surface area contributed by atoms with E-state index in [9.17, 15) is 10.2 Å². The first-order valence-electron chi connectivity index (χ1n) is 4.50. The fourth-order valence-corrected chi connectivity index (χ4v) is 2.01. The zero-order valence-electron chi connectivity index (χ0n) is 7.89. The number of rotatable bonds is 1. The molecule has 0 radical (unpaired) electrons. The highest BCUT2D eigenvalue weighted by Crippen LogP contribution is 2.41. The third-order valence-electron chi connectivity index (χ3n) is 2.18. The van der Waals surface area contributed by atoms with Crippen molar-refractivity contribution in [2.75, 3.05) is 11.4 Å². The molecule has 0 unspecified atom stereocenters. The van der Waals surface area contributed by atoms with Gasteiger partial charge in [0.05, 0.1) is 4.47 Å². The maximum atomic E-state index is 9.73. The SMILES string of the molecule is Oc1ccc(O)c(N2C=CC=CC2)c1Br. The van der Waals surface area contributed by atoms with Crippen LogP contribution in [0.1, 0.15) is 0 Å². The van der Waals surface area contributed by atoms with Crippen LogP contribution in [0.15, 0.2) is 41.0 Å². The molecular formula is C11H10BrNO2. The van der Waals surface area contributed by atoms with Crippen molar-refractivity contribution in [1.29, 1.82) is 0 Å². The summed E-state index contributed by atoms with van der Waals surface area (Å²) < 4.78 is 0.502. The number of halogens is 1. The molecule has 1 aliphatic heterocycles. The van der Waals surface area contributed by atoms with Crippen LogP contribution in [0.25, 0.3) is 0 Å². The minimum atomic E-state index is 0.116. The largest absolute Gasteiger partial charge is 0.507 e. The van der Waals surface area contributed by atoms with Gasteiger partial charge in [-0.3, -0.25) is 0 Å². The number of hydrogen-bond acceptors (Lipinski definition) is 3. The molecule has 1 aromatic carbocycles. The lowest BCUT2D eigenvalue weighted by Crippen LogP contribution is -2.17. The average molecular weight is 268 g/mol. The molecule has 2 rings (SSSR count). The Balaban J connectivity index is 2.47. The fourth-order valence-electron chi connectivity index (χ4n) is 1.45. The van der Waals surface area contributed by atoms with Crippen molar-refractivity contribution in [3.63, 3.8) is 0 Å². The second kappa shape index (κ2) is 3.98. The van der Waals surface area contributed by atoms with Crippen LogP contribution in [0.3, 0.4) is 0 Å². The van der Waals surface area contributed by atoms with E-state index in [0.717, 1.165) is 0 Å². The van der Waals surface area contributed by atoms with Crippen LogP contribution in [0.5, 0.6) is 11.5 Å². The number of hydrogen-bond donors (Lipinski definition) is 2. The molecule has 0 saturated heterocycles. The Bertz CT molecular complexity index is 440. The number of phenols is 2. The van der Waals surface area contributed by atoms with Crippen LogP contribution >= 0.6 is 15.9 Å². The molecule has 0 spiro atoms. The van der Waals surface area contributed by atoms with Gasteiger partial charge in [-0.05, 0) is 34.1 Å². The summed E-state index contributed by atoms with van der Waals surface area (Å²) >= 11 is 3.26. The molecule has 0 amide bonds. The Kier molecular flexibility index (Phi) is 2.68. The summed E-state index contributed by atoms with van der Waals surface area (Å²) in [5.74, 6) is 0.255. The lowest BCUT2D eigenvalue weighted by atomic mass is 10.2. The van der Waals surface area contributed by atoms with Gasteiger partial charge < -0.3 is 15.1 Å². The van der Waals surface area contributed by atoms with Gasteiger partial charge in [-0.25, -0.2) is 0 Å². The van der Waals surface area contributed by atoms with E-state index in [1.165, 1.54) is 12.1 Å². The molecule has 4 heteroatoms. The predicted molar refractivity (Wildman–Crippen MR) is 63.1 cm³/mol. The molecular weight excluding hydrogens is 258 g/mol. The molecule has 2 N–H and O–H groups in total. The Labute approximate surface area is 96.1 Å². The normalized spacial score (nSPS) is 14.6. The van der Waals surface area contributed by atoms with Gasteiger partial charge >= 0.3 is 0 Å². The highest BCUT2D eigenvalue weighted by molar-refractivity contribution is 9.10. The second-order valence-electron chi connectivity index (χ2n) is 3.19. The van der Waals surface area contributed by atoms with Gasteiger partial charge in [0, 0.05) is 12.7 Å². The topological polar surface area (TPSA) is 43.7 Å². The number of aromatic hydroxyl groups is 2. The van der Waals surface area contributed by atoms with Crippen molar-refractivity contribution >= 4 is 21.6 Å². The molecule has 1 aromatic rings. The molecule has 0 aromatic heterocycles. The molecule has 78 valence electrons. The van der Waals surface area contributed by atoms with Gasteiger partial charge in [0.15, 0.2) is 0 Å². The summed E-state index contributed by atoms with van der Waals surface area (Å²) in [6, 6.07) is 2.92. The van der Waals surface area contributed by atoms with Crippen molar-refractivity contribution in [3.05, 3.63) is 41.0 Å². The van der Waals surface area contributed by atoms with Crippen LogP contribution in [-0.4, -0.2) is 16.8 Å². The van der Waals surface area contributed by atoms with E-state index in [0.29, 0.717) is 16.7 Å². The van der Waals surface area contributed by atoms with E-state index in [4.69, 9.17) is 0 Å². The Morgan fingerprint density at radius 1 is 1.13 bits per heavy atom. The molecule has 15 heavy (non-hydrogen) atoms. The molecule has 0 bridgehead atoms. The lowest BCUT2D eigenvalue weighted by Gasteiger charge is -2.23. The standard InChI is InChI=1S/C11H10BrNO2/c12-10-8(14)4-5-9(15)11(10)13-6-2-1-3-7-13/h1-6,14-15H,7H2. The van der Waals surface area contributed by atoms with Crippen LogP contribution in [-0.2, 0) is 0 Å². The first-order valence-corrected chi connectivity index (χ1v) is 5.30. The van der Waals surface area contributed by atoms with Crippen molar-refractivity contribution in [2.45, 2.75) is 0 Å². The lowest BCUT2D eigenvalue weighted by molar-refractivity contribution is 0.458. The van der Waals surface area contributed by atoms with E-state index in [-0.39, 0.29) is 11.5 Å². The maximum Gasteiger partial charge on any atom is 0.140 e. The van der Waals surface area contributed by atoms with E-state index in [1.807, 2.05) is 29.3 Å². The molecule has 0 aliphatic carbocycles. The van der Waals surface area contributed by atoms with Crippen molar-refractivity contribution < 1.29 is 10.2 Å². The number of benzene rings is 1. The van der Waals surface area contributed by atoms with Crippen LogP contribution in [0, 0.1) is 0 Å². The number of phenolic OH excluding ortho intramolecular Hbond substituents is 2. The number of allylic oxidation sites excluding steroid dienone is 2. The van der Waals surface area contributed by atoms with Crippen molar-refractivity contribution in [3.8, 4) is 11.5 Å². The van der Waals surface area contributed by atoms with Crippen LogP contribution in [0.4, 0.5) is 5.69 Å². The van der Waals surface area contributed by atoms with Crippen LogP contribution < -0.4 is 4.90 Å². The van der Waals surface area contributed by atoms with Crippen molar-refractivity contribution in [2.24, 2.45) is 0 Å². The Hall–Kier alpha value is -1.42. The van der Waals surface area contributed by atoms with E-state index >= 15 is 0 Å². The monoisotopic (exact) mass is 267 g/mol. The van der Waals surface area contributed by atoms with Gasteiger partial charge in [-0.15, -0.1) is 0 Å². The molecule has 1 aliphatic rings. The van der Waals surface area contributed by atoms with Gasteiger partial charge in [0.1, 0.15) is 17.2 Å². The van der Waals surface area contributed by atoms with Gasteiger partial charge in [-0.2, -0.15) is 0 Å². The summed E-state index contributed by atoms with van der Waals surface area (Å²) in [7, 11) is 0. The maximum absolute atomic E-state index is 9.73. The van der Waals surface area contributed by atoms with Gasteiger partial charge in [-0.1, -0.05) is 12.2 Å². The predicted octanol–water partition coefficient (Wildman–Crippen LogP) is 2.75. The van der Waals surface area contributed by atoms with Crippen LogP contribution in [0.2, 0.25) is 0 Å². The third kappa shape index (κ3) is 1.85. The van der Waals surface area contributed by atoms with Gasteiger partial charge in [0.2, 0.25) is 0 Å². The first kappa shape index (κ1) is 10.1. The zero-order chi connectivity index (χ0) is 10.8.